The maximum Gasteiger partial charge on any atom is 0.397 e. The van der Waals surface area contributed by atoms with Crippen LogP contribution in [0.3, 0.4) is 0 Å². The molecule has 1 heterocycles. The van der Waals surface area contributed by atoms with Gasteiger partial charge in [0.25, 0.3) is 11.8 Å². The van der Waals surface area contributed by atoms with Crippen LogP contribution in [0, 0.1) is 6.92 Å². The Morgan fingerprint density at radius 2 is 1.79 bits per heavy atom. The molecule has 0 saturated carbocycles. The van der Waals surface area contributed by atoms with E-state index in [2.05, 4.69) is 24.8 Å². The van der Waals surface area contributed by atoms with E-state index in [4.69, 9.17) is 4.55 Å². The van der Waals surface area contributed by atoms with E-state index in [1.807, 2.05) is 13.0 Å². The molecular formula is C22H23N5O9S2. The lowest BCUT2D eigenvalue weighted by Gasteiger charge is -2.11. The average Bonchev–Trinajstić information content (AvgIpc) is 3.10. The van der Waals surface area contributed by atoms with Gasteiger partial charge >= 0.3 is 10.4 Å². The van der Waals surface area contributed by atoms with Crippen molar-refractivity contribution in [2.24, 2.45) is 15.3 Å². The number of azo groups is 1. The van der Waals surface area contributed by atoms with E-state index in [9.17, 15) is 31.2 Å². The van der Waals surface area contributed by atoms with Crippen LogP contribution in [-0.2, 0) is 38.8 Å². The van der Waals surface area contributed by atoms with Crippen LogP contribution >= 0.6 is 0 Å². The van der Waals surface area contributed by atoms with Gasteiger partial charge in [0.2, 0.25) is 5.91 Å². The molecule has 202 valence electrons. The second-order valence-electron chi connectivity index (χ2n) is 8.06. The molecular weight excluding hydrogens is 542 g/mol. The maximum atomic E-state index is 12.7. The van der Waals surface area contributed by atoms with Crippen molar-refractivity contribution >= 4 is 55.0 Å². The predicted molar refractivity (Wildman–Crippen MR) is 134 cm³/mol. The van der Waals surface area contributed by atoms with Gasteiger partial charge in [0, 0.05) is 5.69 Å². The van der Waals surface area contributed by atoms with E-state index < -0.39 is 62.8 Å². The largest absolute Gasteiger partial charge is 0.397 e. The number of rotatable bonds is 10. The van der Waals surface area contributed by atoms with Crippen molar-refractivity contribution in [2.75, 3.05) is 17.7 Å². The fourth-order valence-electron chi connectivity index (χ4n) is 3.22. The Labute approximate surface area is 218 Å². The van der Waals surface area contributed by atoms with E-state index >= 15 is 0 Å². The predicted octanol–water partition coefficient (Wildman–Crippen LogP) is 1.81. The van der Waals surface area contributed by atoms with Gasteiger partial charge in [0.15, 0.2) is 15.9 Å². The lowest BCUT2D eigenvalue weighted by molar-refractivity contribution is -0.144. The molecule has 0 unspecified atom stereocenters. The second kappa shape index (κ2) is 11.7. The van der Waals surface area contributed by atoms with Crippen molar-refractivity contribution in [1.29, 1.82) is 0 Å². The summed E-state index contributed by atoms with van der Waals surface area (Å²) < 4.78 is 58.1. The molecule has 1 aliphatic heterocycles. The molecule has 0 radical (unpaired) electrons. The molecule has 1 aliphatic rings. The van der Waals surface area contributed by atoms with Gasteiger partial charge in [0.1, 0.15) is 6.42 Å². The Morgan fingerprint density at radius 1 is 1.11 bits per heavy atom. The summed E-state index contributed by atoms with van der Waals surface area (Å²) in [6.45, 7) is 2.54. The number of carbonyl (C=O) groups excluding carboxylic acids is 3. The maximum absolute atomic E-state index is 12.7. The standard InChI is InChI=1S/C22H23N5O9S2/c1-14-4-3-5-17(12-14)23-19(28)13-20(29)27-22(30)21(15(2)26-27)25-24-16-6-8-18(9-7-16)37(31,32)11-10-36-38(33,34)35/h3-9,12,21H,10-11,13H2,1-2H3,(H,23,28)(H,33,34,35)/t21-/m1/s1. The fraction of sp³-hybridized carbons (Fsp3) is 0.273. The number of nitrogens with one attached hydrogen (secondary N) is 1. The third kappa shape index (κ3) is 7.82. The summed E-state index contributed by atoms with van der Waals surface area (Å²) in [7, 11) is -8.68. The SMILES string of the molecule is CC1=NN(C(=O)CC(=O)Nc2cccc(C)c2)C(=O)[C@@H]1N=Nc1ccc(S(=O)(=O)CCOS(=O)(=O)O)cc1. The smallest absolute Gasteiger partial charge is 0.326 e. The topological polar surface area (TPSA) is 201 Å². The summed E-state index contributed by atoms with van der Waals surface area (Å²) in [5.41, 5.74) is 1.77. The van der Waals surface area contributed by atoms with Crippen molar-refractivity contribution in [3.05, 3.63) is 54.1 Å². The highest BCUT2D eigenvalue weighted by atomic mass is 32.3. The van der Waals surface area contributed by atoms with E-state index in [0.717, 1.165) is 5.56 Å². The third-order valence-corrected chi connectivity index (χ3v) is 7.17. The highest BCUT2D eigenvalue weighted by molar-refractivity contribution is 7.91. The van der Waals surface area contributed by atoms with Crippen molar-refractivity contribution in [2.45, 2.75) is 31.2 Å². The molecule has 14 nitrogen and oxygen atoms in total. The van der Waals surface area contributed by atoms with Gasteiger partial charge in [-0.05, 0) is 55.8 Å². The minimum absolute atomic E-state index is 0.161. The molecule has 38 heavy (non-hydrogen) atoms. The van der Waals surface area contributed by atoms with Gasteiger partial charge in [-0.3, -0.25) is 18.9 Å². The molecule has 2 aromatic rings. The van der Waals surface area contributed by atoms with Crippen LogP contribution in [0.15, 0.2) is 68.8 Å². The van der Waals surface area contributed by atoms with Crippen LogP contribution in [0.25, 0.3) is 0 Å². The molecule has 1 atom stereocenters. The summed E-state index contributed by atoms with van der Waals surface area (Å²) in [5, 5.41) is 14.8. The van der Waals surface area contributed by atoms with E-state index in [-0.39, 0.29) is 16.3 Å². The quantitative estimate of drug-likeness (QED) is 0.245. The summed E-state index contributed by atoms with van der Waals surface area (Å²) in [6, 6.07) is 10.7. The molecule has 2 aromatic carbocycles. The summed E-state index contributed by atoms with van der Waals surface area (Å²) in [6.07, 6.45) is -0.620. The lowest BCUT2D eigenvalue weighted by Crippen LogP contribution is -2.36. The van der Waals surface area contributed by atoms with Crippen LogP contribution in [0.5, 0.6) is 0 Å². The molecule has 3 rings (SSSR count). The number of amides is 3. The van der Waals surface area contributed by atoms with Gasteiger partial charge in [-0.2, -0.15) is 28.8 Å². The van der Waals surface area contributed by atoms with Crippen LogP contribution in [0.1, 0.15) is 18.9 Å². The zero-order chi connectivity index (χ0) is 28.1. The molecule has 3 amide bonds. The highest BCUT2D eigenvalue weighted by Gasteiger charge is 2.38. The monoisotopic (exact) mass is 565 g/mol. The first-order valence-electron chi connectivity index (χ1n) is 10.9. The minimum atomic E-state index is -4.76. The van der Waals surface area contributed by atoms with E-state index in [1.165, 1.54) is 31.2 Å². The van der Waals surface area contributed by atoms with Crippen LogP contribution in [0.4, 0.5) is 11.4 Å². The number of hydrogen-bond donors (Lipinski definition) is 2. The van der Waals surface area contributed by atoms with Crippen molar-refractivity contribution in [3.63, 3.8) is 0 Å². The minimum Gasteiger partial charge on any atom is -0.326 e. The number of imide groups is 1. The Kier molecular flexibility index (Phi) is 8.82. The Balaban J connectivity index is 1.59. The van der Waals surface area contributed by atoms with Crippen molar-refractivity contribution in [1.82, 2.24) is 5.01 Å². The number of carbonyl (C=O) groups is 3. The summed E-state index contributed by atoms with van der Waals surface area (Å²) in [4.78, 5) is 37.2. The first-order chi connectivity index (χ1) is 17.7. The summed E-state index contributed by atoms with van der Waals surface area (Å²) in [5.74, 6) is -2.96. The molecule has 0 aromatic heterocycles. The number of anilines is 1. The van der Waals surface area contributed by atoms with Gasteiger partial charge in [-0.15, -0.1) is 0 Å². The van der Waals surface area contributed by atoms with Crippen LogP contribution in [0.2, 0.25) is 0 Å². The molecule has 0 saturated heterocycles. The summed E-state index contributed by atoms with van der Waals surface area (Å²) >= 11 is 0. The van der Waals surface area contributed by atoms with Gasteiger partial charge in [-0.25, -0.2) is 12.6 Å². The highest BCUT2D eigenvalue weighted by Crippen LogP contribution is 2.21. The van der Waals surface area contributed by atoms with Crippen LogP contribution in [-0.4, -0.2) is 68.2 Å². The van der Waals surface area contributed by atoms with E-state index in [1.54, 1.807) is 18.2 Å². The van der Waals surface area contributed by atoms with Gasteiger partial charge in [0.05, 0.1) is 28.7 Å². The number of hydrogen-bond acceptors (Lipinski definition) is 11. The third-order valence-electron chi connectivity index (χ3n) is 5.01. The zero-order valence-electron chi connectivity index (χ0n) is 20.1. The van der Waals surface area contributed by atoms with Gasteiger partial charge < -0.3 is 5.32 Å². The molecule has 0 fully saturated rings. The van der Waals surface area contributed by atoms with E-state index in [0.29, 0.717) is 10.7 Å². The Hall–Kier alpha value is -3.86. The molecule has 16 heteroatoms. The normalized spacial score (nSPS) is 16.1. The second-order valence-corrected chi connectivity index (χ2v) is 11.3. The molecule has 2 N–H and O–H groups in total. The van der Waals surface area contributed by atoms with Crippen LogP contribution < -0.4 is 5.32 Å². The Morgan fingerprint density at radius 3 is 2.42 bits per heavy atom. The number of hydrazone groups is 1. The Bertz CT molecular complexity index is 1520. The number of sulfone groups is 1. The average molecular weight is 566 g/mol. The fourth-order valence-corrected chi connectivity index (χ4v) is 4.71. The first kappa shape index (κ1) is 28.7. The lowest BCUT2D eigenvalue weighted by atomic mass is 10.2. The molecule has 0 spiro atoms. The number of nitrogens with zero attached hydrogens (tertiary/aromatic N) is 4. The van der Waals surface area contributed by atoms with Gasteiger partial charge in [-0.1, -0.05) is 12.1 Å². The number of aryl methyl sites for hydroxylation is 1. The molecule has 0 aliphatic carbocycles. The molecule has 0 bridgehead atoms. The number of benzene rings is 2. The van der Waals surface area contributed by atoms with Crippen molar-refractivity contribution < 1.29 is 40.0 Å². The van der Waals surface area contributed by atoms with Crippen molar-refractivity contribution in [3.8, 4) is 0 Å². The zero-order valence-corrected chi connectivity index (χ0v) is 21.8. The first-order valence-corrected chi connectivity index (χ1v) is 13.9.